The van der Waals surface area contributed by atoms with Gasteiger partial charge in [0, 0.05) is 12.6 Å². The molecule has 1 aliphatic rings. The Morgan fingerprint density at radius 1 is 1.50 bits per heavy atom. The van der Waals surface area contributed by atoms with E-state index >= 15 is 0 Å². The molecule has 4 heteroatoms. The maximum absolute atomic E-state index is 5.71. The number of thioether (sulfide) groups is 1. The average molecular weight is 240 g/mol. The van der Waals surface area contributed by atoms with Crippen LogP contribution in [0.3, 0.4) is 0 Å². The fourth-order valence-corrected chi connectivity index (χ4v) is 2.52. The minimum absolute atomic E-state index is 0.624. The molecule has 1 fully saturated rings. The average Bonchev–Trinajstić information content (AvgIpc) is 2.85. The first-order valence-electron chi connectivity index (χ1n) is 5.76. The lowest BCUT2D eigenvalue weighted by atomic mass is 10.2. The summed E-state index contributed by atoms with van der Waals surface area (Å²) in [5.74, 6) is 3.10. The van der Waals surface area contributed by atoms with Crippen molar-refractivity contribution >= 4 is 11.8 Å². The Bertz CT molecular complexity index is 327. The monoisotopic (exact) mass is 240 g/mol. The van der Waals surface area contributed by atoms with E-state index < -0.39 is 0 Å². The quantitative estimate of drug-likeness (QED) is 0.851. The maximum atomic E-state index is 5.71. The molecule has 2 heterocycles. The largest absolute Gasteiger partial charge is 0.464 e. The van der Waals surface area contributed by atoms with Crippen LogP contribution in [-0.4, -0.2) is 37.3 Å². The number of likely N-dealkylation sites (N-methyl/N-ethyl adjacent to an activating group) is 1. The van der Waals surface area contributed by atoms with Crippen molar-refractivity contribution in [1.82, 2.24) is 10.2 Å². The van der Waals surface area contributed by atoms with Crippen molar-refractivity contribution in [1.29, 1.82) is 0 Å². The molecule has 2 rings (SSSR count). The van der Waals surface area contributed by atoms with Crippen molar-refractivity contribution in [2.24, 2.45) is 0 Å². The molecule has 0 aliphatic carbocycles. The summed E-state index contributed by atoms with van der Waals surface area (Å²) in [5, 5.41) is 3.54. The van der Waals surface area contributed by atoms with E-state index in [0.717, 1.165) is 30.4 Å². The van der Waals surface area contributed by atoms with Gasteiger partial charge < -0.3 is 14.6 Å². The number of rotatable bonds is 5. The van der Waals surface area contributed by atoms with Crippen LogP contribution in [-0.2, 0) is 12.3 Å². The van der Waals surface area contributed by atoms with E-state index in [-0.39, 0.29) is 0 Å². The highest BCUT2D eigenvalue weighted by molar-refractivity contribution is 7.97. The number of nitrogens with zero attached hydrogens (tertiary/aromatic N) is 1. The Morgan fingerprint density at radius 2 is 2.31 bits per heavy atom. The van der Waals surface area contributed by atoms with Crippen molar-refractivity contribution in [2.75, 3.05) is 26.4 Å². The number of nitrogens with one attached hydrogen (secondary N) is 1. The SMILES string of the molecule is CSCc1ccc(CNC2CCN(C)C2)o1. The Morgan fingerprint density at radius 3 is 3.00 bits per heavy atom. The van der Waals surface area contributed by atoms with Gasteiger partial charge in [0.05, 0.1) is 12.3 Å². The molecule has 0 amide bonds. The molecule has 1 N–H and O–H groups in total. The minimum Gasteiger partial charge on any atom is -0.464 e. The number of hydrogen-bond donors (Lipinski definition) is 1. The highest BCUT2D eigenvalue weighted by Crippen LogP contribution is 2.14. The Kier molecular flexibility index (Phi) is 4.32. The summed E-state index contributed by atoms with van der Waals surface area (Å²) in [7, 11) is 2.17. The lowest BCUT2D eigenvalue weighted by Crippen LogP contribution is -2.30. The van der Waals surface area contributed by atoms with Crippen LogP contribution in [0.1, 0.15) is 17.9 Å². The van der Waals surface area contributed by atoms with Gasteiger partial charge in [-0.3, -0.25) is 0 Å². The van der Waals surface area contributed by atoms with E-state index in [1.54, 1.807) is 11.8 Å². The Labute approximate surface area is 102 Å². The molecule has 0 bridgehead atoms. The second-order valence-electron chi connectivity index (χ2n) is 4.43. The molecule has 1 aromatic rings. The van der Waals surface area contributed by atoms with Gasteiger partial charge in [-0.05, 0) is 38.4 Å². The highest BCUT2D eigenvalue weighted by Gasteiger charge is 2.18. The lowest BCUT2D eigenvalue weighted by Gasteiger charge is -2.11. The molecular formula is C12H20N2OS. The van der Waals surface area contributed by atoms with Crippen LogP contribution in [0, 0.1) is 0 Å². The number of furan rings is 1. The molecule has 1 aliphatic heterocycles. The van der Waals surface area contributed by atoms with Crippen molar-refractivity contribution in [3.05, 3.63) is 23.7 Å². The third kappa shape index (κ3) is 3.27. The fourth-order valence-electron chi connectivity index (χ4n) is 2.08. The molecule has 0 saturated carbocycles. The van der Waals surface area contributed by atoms with E-state index in [1.807, 2.05) is 0 Å². The zero-order valence-electron chi connectivity index (χ0n) is 10.0. The normalized spacial score (nSPS) is 21.8. The zero-order chi connectivity index (χ0) is 11.4. The molecule has 16 heavy (non-hydrogen) atoms. The van der Waals surface area contributed by atoms with Gasteiger partial charge in [0.1, 0.15) is 11.5 Å². The molecule has 3 nitrogen and oxygen atoms in total. The smallest absolute Gasteiger partial charge is 0.118 e. The standard InChI is InChI=1S/C12H20N2OS/c1-14-6-5-10(8-14)13-7-11-3-4-12(15-11)9-16-2/h3-4,10,13H,5-9H2,1-2H3. The molecule has 0 radical (unpaired) electrons. The van der Waals surface area contributed by atoms with Crippen LogP contribution in [0.15, 0.2) is 16.5 Å². The first-order valence-corrected chi connectivity index (χ1v) is 7.16. The van der Waals surface area contributed by atoms with Crippen molar-refractivity contribution in [2.45, 2.75) is 24.8 Å². The van der Waals surface area contributed by atoms with Gasteiger partial charge in [0.25, 0.3) is 0 Å². The molecule has 1 saturated heterocycles. The summed E-state index contributed by atoms with van der Waals surface area (Å²) in [6.45, 7) is 3.21. The Balaban J connectivity index is 1.76. The topological polar surface area (TPSA) is 28.4 Å². The maximum Gasteiger partial charge on any atom is 0.118 e. The van der Waals surface area contributed by atoms with Crippen molar-refractivity contribution in [3.63, 3.8) is 0 Å². The van der Waals surface area contributed by atoms with Gasteiger partial charge in [-0.2, -0.15) is 11.8 Å². The molecule has 0 spiro atoms. The van der Waals surface area contributed by atoms with Crippen LogP contribution in [0.5, 0.6) is 0 Å². The number of likely N-dealkylation sites (tertiary alicyclic amines) is 1. The van der Waals surface area contributed by atoms with Gasteiger partial charge in [0.2, 0.25) is 0 Å². The van der Waals surface area contributed by atoms with Gasteiger partial charge in [0.15, 0.2) is 0 Å². The predicted octanol–water partition coefficient (Wildman–Crippen LogP) is 1.94. The van der Waals surface area contributed by atoms with Gasteiger partial charge in [-0.25, -0.2) is 0 Å². The summed E-state index contributed by atoms with van der Waals surface area (Å²) in [5.41, 5.74) is 0. The third-order valence-corrected chi connectivity index (χ3v) is 3.53. The van der Waals surface area contributed by atoms with E-state index in [0.29, 0.717) is 6.04 Å². The highest BCUT2D eigenvalue weighted by atomic mass is 32.2. The van der Waals surface area contributed by atoms with Gasteiger partial charge in [-0.15, -0.1) is 0 Å². The molecule has 1 atom stereocenters. The summed E-state index contributed by atoms with van der Waals surface area (Å²) in [6.07, 6.45) is 3.34. The zero-order valence-corrected chi connectivity index (χ0v) is 10.8. The van der Waals surface area contributed by atoms with Crippen LogP contribution >= 0.6 is 11.8 Å². The molecular weight excluding hydrogens is 220 g/mol. The van der Waals surface area contributed by atoms with E-state index in [1.165, 1.54) is 13.0 Å². The van der Waals surface area contributed by atoms with Crippen LogP contribution in [0.25, 0.3) is 0 Å². The lowest BCUT2D eigenvalue weighted by molar-refractivity contribution is 0.388. The van der Waals surface area contributed by atoms with E-state index in [9.17, 15) is 0 Å². The fraction of sp³-hybridized carbons (Fsp3) is 0.667. The molecule has 1 aromatic heterocycles. The Hall–Kier alpha value is -0.450. The first kappa shape index (κ1) is 12.0. The molecule has 1 unspecified atom stereocenters. The van der Waals surface area contributed by atoms with Crippen molar-refractivity contribution in [3.8, 4) is 0 Å². The summed E-state index contributed by atoms with van der Waals surface area (Å²) >= 11 is 1.79. The van der Waals surface area contributed by atoms with E-state index in [4.69, 9.17) is 4.42 Å². The van der Waals surface area contributed by atoms with E-state index in [2.05, 4.69) is 35.7 Å². The van der Waals surface area contributed by atoms with Crippen LogP contribution in [0.4, 0.5) is 0 Å². The minimum atomic E-state index is 0.624. The summed E-state index contributed by atoms with van der Waals surface area (Å²) in [4.78, 5) is 2.36. The summed E-state index contributed by atoms with van der Waals surface area (Å²) in [6, 6.07) is 4.78. The van der Waals surface area contributed by atoms with Crippen molar-refractivity contribution < 1.29 is 4.42 Å². The van der Waals surface area contributed by atoms with Crippen LogP contribution < -0.4 is 5.32 Å². The van der Waals surface area contributed by atoms with Gasteiger partial charge >= 0.3 is 0 Å². The second kappa shape index (κ2) is 5.75. The first-order chi connectivity index (χ1) is 7.78. The number of hydrogen-bond acceptors (Lipinski definition) is 4. The third-order valence-electron chi connectivity index (χ3n) is 2.96. The molecule has 90 valence electrons. The van der Waals surface area contributed by atoms with Crippen LogP contribution in [0.2, 0.25) is 0 Å². The second-order valence-corrected chi connectivity index (χ2v) is 5.30. The summed E-state index contributed by atoms with van der Waals surface area (Å²) < 4.78 is 5.71. The molecule has 0 aromatic carbocycles. The van der Waals surface area contributed by atoms with Gasteiger partial charge in [-0.1, -0.05) is 0 Å². The predicted molar refractivity (Wildman–Crippen MR) is 68.7 cm³/mol.